The lowest BCUT2D eigenvalue weighted by Crippen LogP contribution is -2.74. The molecule has 0 aliphatic carbocycles. The van der Waals surface area contributed by atoms with Crippen molar-refractivity contribution >= 4 is 100 Å². The SMILES string of the molecule is c1ccc([Si](c2ccccc2)(c2cccc(-c3nc(-n4c5ccccc5c5ccccc54)nc(-n4c5ccccc5n5c6ccccc6nc45)n3)c2)c2cccc3c2oc2ccccc23)cc1. The molecule has 0 fully saturated rings. The maximum absolute atomic E-state index is 6.93. The van der Waals surface area contributed by atoms with E-state index in [0.717, 1.165) is 77.2 Å². The third-order valence-electron chi connectivity index (χ3n) is 13.5. The number of hydrogen-bond acceptors (Lipinski definition) is 5. The van der Waals surface area contributed by atoms with Crippen LogP contribution >= 0.6 is 0 Å². The lowest BCUT2D eigenvalue weighted by Gasteiger charge is -2.34. The molecule has 0 N–H and O–H groups in total. The van der Waals surface area contributed by atoms with Gasteiger partial charge in [-0.2, -0.15) is 15.0 Å². The van der Waals surface area contributed by atoms with Crippen LogP contribution in [0.3, 0.4) is 0 Å². The van der Waals surface area contributed by atoms with E-state index in [1.165, 1.54) is 20.7 Å². The molecule has 0 bridgehead atoms. The Balaban J connectivity index is 1.08. The Morgan fingerprint density at radius 3 is 1.63 bits per heavy atom. The average molecular weight is 876 g/mol. The van der Waals surface area contributed by atoms with E-state index in [0.29, 0.717) is 17.7 Å². The topological polar surface area (TPSA) is 79.0 Å². The zero-order valence-electron chi connectivity index (χ0n) is 35.9. The highest BCUT2D eigenvalue weighted by molar-refractivity contribution is 7.20. The van der Waals surface area contributed by atoms with Gasteiger partial charge in [-0.1, -0.05) is 182 Å². The van der Waals surface area contributed by atoms with Crippen LogP contribution in [0.4, 0.5) is 0 Å². The van der Waals surface area contributed by atoms with Gasteiger partial charge in [-0.15, -0.1) is 0 Å². The van der Waals surface area contributed by atoms with Crippen LogP contribution in [0.15, 0.2) is 229 Å². The minimum Gasteiger partial charge on any atom is -0.456 e. The molecule has 14 aromatic rings. The van der Waals surface area contributed by atoms with Gasteiger partial charge < -0.3 is 4.42 Å². The molecule has 14 rings (SSSR count). The van der Waals surface area contributed by atoms with Crippen molar-refractivity contribution in [1.82, 2.24) is 33.5 Å². The van der Waals surface area contributed by atoms with Gasteiger partial charge in [0.2, 0.25) is 17.7 Å². The summed E-state index contributed by atoms with van der Waals surface area (Å²) in [6.45, 7) is 0. The van der Waals surface area contributed by atoms with Gasteiger partial charge >= 0.3 is 0 Å². The van der Waals surface area contributed by atoms with Gasteiger partial charge in [-0.3, -0.25) is 8.97 Å². The molecule has 0 saturated heterocycles. The summed E-state index contributed by atoms with van der Waals surface area (Å²) < 4.78 is 13.4. The summed E-state index contributed by atoms with van der Waals surface area (Å²) in [5.74, 6) is 2.24. The number of fused-ring (bicyclic) bond motifs is 11. The molecule has 9 aromatic carbocycles. The molecule has 0 amide bonds. The maximum Gasteiger partial charge on any atom is 0.242 e. The molecule has 0 aliphatic rings. The van der Waals surface area contributed by atoms with E-state index in [1.54, 1.807) is 0 Å². The zero-order valence-corrected chi connectivity index (χ0v) is 36.9. The summed E-state index contributed by atoms with van der Waals surface area (Å²) in [6, 6.07) is 79.4. The van der Waals surface area contributed by atoms with Crippen LogP contribution in [0.1, 0.15) is 0 Å². The van der Waals surface area contributed by atoms with E-state index < -0.39 is 8.07 Å². The van der Waals surface area contributed by atoms with Crippen molar-refractivity contribution in [3.8, 4) is 23.3 Å². The number of imidazole rings is 2. The van der Waals surface area contributed by atoms with E-state index in [-0.39, 0.29) is 0 Å². The van der Waals surface area contributed by atoms with Gasteiger partial charge in [-0.25, -0.2) is 9.55 Å². The van der Waals surface area contributed by atoms with Crippen LogP contribution in [0.5, 0.6) is 0 Å². The summed E-state index contributed by atoms with van der Waals surface area (Å²) >= 11 is 0. The fourth-order valence-corrected chi connectivity index (χ4v) is 15.6. The molecule has 9 heteroatoms. The van der Waals surface area contributed by atoms with Crippen LogP contribution in [-0.4, -0.2) is 41.5 Å². The Morgan fingerprint density at radius 2 is 0.910 bits per heavy atom. The molecule has 0 radical (unpaired) electrons. The zero-order chi connectivity index (χ0) is 44.1. The van der Waals surface area contributed by atoms with Crippen molar-refractivity contribution in [2.24, 2.45) is 0 Å². The third kappa shape index (κ3) is 5.46. The van der Waals surface area contributed by atoms with Crippen molar-refractivity contribution in [1.29, 1.82) is 0 Å². The Hall–Kier alpha value is -8.92. The summed E-state index contributed by atoms with van der Waals surface area (Å²) in [7, 11) is -3.18. The second-order valence-electron chi connectivity index (χ2n) is 17.0. The molecule has 0 spiro atoms. The highest BCUT2D eigenvalue weighted by atomic mass is 28.3. The molecular weight excluding hydrogens is 839 g/mol. The van der Waals surface area contributed by atoms with Crippen molar-refractivity contribution in [3.63, 3.8) is 0 Å². The van der Waals surface area contributed by atoms with Crippen molar-refractivity contribution in [2.75, 3.05) is 0 Å². The minimum absolute atomic E-state index is 0.468. The molecule has 5 aromatic heterocycles. The quantitative estimate of drug-likeness (QED) is 0.118. The van der Waals surface area contributed by atoms with Gasteiger partial charge in [0.15, 0.2) is 13.9 Å². The third-order valence-corrected chi connectivity index (χ3v) is 18.3. The van der Waals surface area contributed by atoms with Gasteiger partial charge in [0.25, 0.3) is 0 Å². The molecule has 5 heterocycles. The Bertz CT molecular complexity index is 4150. The second kappa shape index (κ2) is 14.5. The van der Waals surface area contributed by atoms with E-state index >= 15 is 0 Å². The number of nitrogens with zero attached hydrogens (tertiary/aromatic N) is 7. The van der Waals surface area contributed by atoms with Crippen molar-refractivity contribution in [3.05, 3.63) is 224 Å². The number of rotatable bonds is 7. The van der Waals surface area contributed by atoms with E-state index in [2.05, 4.69) is 226 Å². The monoisotopic (exact) mass is 875 g/mol. The van der Waals surface area contributed by atoms with Crippen LogP contribution in [-0.2, 0) is 0 Å². The van der Waals surface area contributed by atoms with Crippen LogP contribution in [0.2, 0.25) is 0 Å². The molecule has 0 unspecified atom stereocenters. The first kappa shape index (κ1) is 37.5. The largest absolute Gasteiger partial charge is 0.456 e. The summed E-state index contributed by atoms with van der Waals surface area (Å²) in [5.41, 5.74) is 8.51. The van der Waals surface area contributed by atoms with Crippen LogP contribution < -0.4 is 20.7 Å². The minimum atomic E-state index is -3.18. The van der Waals surface area contributed by atoms with Crippen molar-refractivity contribution in [2.45, 2.75) is 0 Å². The molecular formula is C58H37N7OSi. The van der Waals surface area contributed by atoms with Gasteiger partial charge in [0, 0.05) is 27.1 Å². The van der Waals surface area contributed by atoms with E-state index in [1.807, 2.05) is 12.1 Å². The first-order chi connectivity index (χ1) is 33.2. The fourth-order valence-electron chi connectivity index (χ4n) is 10.6. The first-order valence-corrected chi connectivity index (χ1v) is 24.5. The second-order valence-corrected chi connectivity index (χ2v) is 20.8. The van der Waals surface area contributed by atoms with Crippen LogP contribution in [0.25, 0.3) is 94.9 Å². The standard InChI is InChI=1S/C58H37N7OSi/c1-3-20-39(21-4-1)67(40-22-5-2-6-23-40,53-36-18-28-45-44-27-9-16-35-52(44)66-54(45)53)41-24-17-19-38(37-41)55-60-56(63-47-30-11-7-25-42(47)43-26-8-12-31-48(43)63)62-57(61-55)65-51-34-15-14-33-50(51)64-49-32-13-10-29-46(49)59-58(64)65/h1-37H. The molecule has 0 saturated carbocycles. The number of hydrogen-bond donors (Lipinski definition) is 0. The smallest absolute Gasteiger partial charge is 0.242 e. The summed E-state index contributed by atoms with van der Waals surface area (Å²) in [5, 5.41) is 9.26. The number of para-hydroxylation sites is 8. The molecule has 0 aliphatic heterocycles. The van der Waals surface area contributed by atoms with Crippen molar-refractivity contribution < 1.29 is 4.42 Å². The van der Waals surface area contributed by atoms with Crippen LogP contribution in [0, 0.1) is 0 Å². The van der Waals surface area contributed by atoms with Gasteiger partial charge in [0.05, 0.1) is 33.1 Å². The Labute approximate surface area is 384 Å². The van der Waals surface area contributed by atoms with E-state index in [9.17, 15) is 0 Å². The highest BCUT2D eigenvalue weighted by Crippen LogP contribution is 2.34. The molecule has 8 nitrogen and oxygen atoms in total. The number of aromatic nitrogens is 7. The molecule has 0 atom stereocenters. The van der Waals surface area contributed by atoms with Gasteiger partial charge in [-0.05, 0) is 63.2 Å². The summed E-state index contributed by atoms with van der Waals surface area (Å²) in [6.07, 6.45) is 0. The van der Waals surface area contributed by atoms with Gasteiger partial charge in [0.1, 0.15) is 11.2 Å². The fraction of sp³-hybridized carbons (Fsp3) is 0. The average Bonchev–Trinajstić information content (AvgIpc) is 4.15. The number of furan rings is 1. The first-order valence-electron chi connectivity index (χ1n) is 22.5. The number of benzene rings is 9. The van der Waals surface area contributed by atoms with E-state index in [4.69, 9.17) is 24.4 Å². The Morgan fingerprint density at radius 1 is 0.373 bits per heavy atom. The normalized spacial score (nSPS) is 12.2. The Kier molecular flexibility index (Phi) is 8.13. The molecule has 67 heavy (non-hydrogen) atoms. The predicted octanol–water partition coefficient (Wildman–Crippen LogP) is 10.7. The lowest BCUT2D eigenvalue weighted by atomic mass is 10.1. The summed E-state index contributed by atoms with van der Waals surface area (Å²) in [4.78, 5) is 21.6. The lowest BCUT2D eigenvalue weighted by molar-refractivity contribution is 0.671. The highest BCUT2D eigenvalue weighted by Gasteiger charge is 2.44. The molecule has 314 valence electrons. The predicted molar refractivity (Wildman–Crippen MR) is 274 cm³/mol. The maximum atomic E-state index is 6.93.